The van der Waals surface area contributed by atoms with Gasteiger partial charge in [0, 0.05) is 12.6 Å². The summed E-state index contributed by atoms with van der Waals surface area (Å²) in [5, 5.41) is 13.5. The number of sulfonamides is 1. The number of para-hydroxylation sites is 1. The van der Waals surface area contributed by atoms with E-state index in [9.17, 15) is 28.1 Å². The minimum atomic E-state index is -4.41. The average molecular weight is 417 g/mol. The van der Waals surface area contributed by atoms with E-state index in [1.165, 1.54) is 12.1 Å². The number of amides is 1. The van der Waals surface area contributed by atoms with Crippen molar-refractivity contribution >= 4 is 27.8 Å². The van der Waals surface area contributed by atoms with E-state index in [4.69, 9.17) is 4.74 Å². The Kier molecular flexibility index (Phi) is 7.88. The predicted octanol–water partition coefficient (Wildman–Crippen LogP) is 1.33. The number of esters is 1. The molecule has 12 heteroatoms. The summed E-state index contributed by atoms with van der Waals surface area (Å²) in [7, 11) is -3.34. The van der Waals surface area contributed by atoms with E-state index in [0.717, 1.165) is 19.2 Å². The van der Waals surface area contributed by atoms with Crippen LogP contribution < -0.4 is 10.0 Å². The van der Waals surface area contributed by atoms with Crippen molar-refractivity contribution in [2.75, 3.05) is 13.7 Å². The number of carbonyl (C=O) groups excluding carboxylic acids is 2. The largest absolute Gasteiger partial charge is 0.468 e. The predicted molar refractivity (Wildman–Crippen MR) is 98.1 cm³/mol. The third kappa shape index (κ3) is 7.12. The Hall–Kier alpha value is -2.73. The Balaban J connectivity index is 2.91. The highest BCUT2D eigenvalue weighted by atomic mass is 32.2. The molecular weight excluding hydrogens is 394 g/mol. The summed E-state index contributed by atoms with van der Waals surface area (Å²) in [5.74, 6) is -0.909. The van der Waals surface area contributed by atoms with E-state index in [2.05, 4.69) is 14.8 Å². The maximum absolute atomic E-state index is 12.5. The zero-order valence-corrected chi connectivity index (χ0v) is 16.7. The molecule has 28 heavy (non-hydrogen) atoms. The Morgan fingerprint density at radius 1 is 1.25 bits per heavy atom. The molecule has 0 saturated carbocycles. The van der Waals surface area contributed by atoms with Crippen LogP contribution >= 0.6 is 0 Å². The monoisotopic (exact) mass is 417 g/mol. The number of alkyl carbamates (subject to hydrolysis) is 1. The molecule has 1 aromatic rings. The molecule has 0 spiro atoms. The fraction of sp³-hybridized carbons (Fsp3) is 0.500. The van der Waals surface area contributed by atoms with Crippen molar-refractivity contribution in [3.05, 3.63) is 34.4 Å². The molecule has 2 N–H and O–H groups in total. The van der Waals surface area contributed by atoms with Crippen LogP contribution in [0.25, 0.3) is 0 Å². The van der Waals surface area contributed by atoms with Crippen molar-refractivity contribution in [1.29, 1.82) is 0 Å². The summed E-state index contributed by atoms with van der Waals surface area (Å²) in [6.07, 6.45) is -0.899. The number of nitro benzene ring substituents is 1. The first-order valence-corrected chi connectivity index (χ1v) is 9.66. The summed E-state index contributed by atoms with van der Waals surface area (Å²) < 4.78 is 36.8. The average Bonchev–Trinajstić information content (AvgIpc) is 2.58. The second-order valence-electron chi connectivity index (χ2n) is 6.64. The number of hydrogen-bond acceptors (Lipinski definition) is 8. The fourth-order valence-electron chi connectivity index (χ4n) is 2.09. The lowest BCUT2D eigenvalue weighted by Gasteiger charge is -2.20. The summed E-state index contributed by atoms with van der Waals surface area (Å²) in [4.78, 5) is 33.2. The molecule has 0 fully saturated rings. The molecule has 1 amide bonds. The van der Waals surface area contributed by atoms with E-state index in [1.807, 2.05) is 0 Å². The zero-order valence-electron chi connectivity index (χ0n) is 15.9. The number of nitrogens with zero attached hydrogens (tertiary/aromatic N) is 1. The highest BCUT2D eigenvalue weighted by Gasteiger charge is 2.31. The highest BCUT2D eigenvalue weighted by molar-refractivity contribution is 7.89. The van der Waals surface area contributed by atoms with E-state index in [0.29, 0.717) is 0 Å². The Labute approximate surface area is 162 Å². The molecule has 156 valence electrons. The van der Waals surface area contributed by atoms with Crippen LogP contribution in [0.5, 0.6) is 0 Å². The molecule has 0 aliphatic heterocycles. The van der Waals surface area contributed by atoms with Crippen molar-refractivity contribution in [3.63, 3.8) is 0 Å². The van der Waals surface area contributed by atoms with Crippen LogP contribution in [0.4, 0.5) is 10.5 Å². The number of ether oxygens (including phenoxy) is 2. The summed E-state index contributed by atoms with van der Waals surface area (Å²) in [5.41, 5.74) is -1.36. The molecule has 0 saturated heterocycles. The van der Waals surface area contributed by atoms with E-state index >= 15 is 0 Å². The third-order valence-corrected chi connectivity index (χ3v) is 4.75. The zero-order chi connectivity index (χ0) is 21.5. The second-order valence-corrected chi connectivity index (χ2v) is 8.32. The van der Waals surface area contributed by atoms with E-state index < -0.39 is 49.2 Å². The first kappa shape index (κ1) is 23.3. The van der Waals surface area contributed by atoms with Crippen LogP contribution in [0.15, 0.2) is 29.2 Å². The van der Waals surface area contributed by atoms with Gasteiger partial charge in [0.1, 0.15) is 11.6 Å². The minimum Gasteiger partial charge on any atom is -0.468 e. The number of methoxy groups -OCH3 is 1. The molecule has 0 bridgehead atoms. The lowest BCUT2D eigenvalue weighted by Crippen LogP contribution is -2.44. The van der Waals surface area contributed by atoms with Crippen molar-refractivity contribution in [1.82, 2.24) is 10.0 Å². The molecule has 1 rings (SSSR count). The first-order valence-electron chi connectivity index (χ1n) is 8.18. The summed E-state index contributed by atoms with van der Waals surface area (Å²) in [6, 6.07) is 3.35. The normalized spacial score (nSPS) is 12.7. The fourth-order valence-corrected chi connectivity index (χ4v) is 3.48. The number of nitrogens with one attached hydrogen (secondary N) is 2. The lowest BCUT2D eigenvalue weighted by atomic mass is 10.2. The maximum Gasteiger partial charge on any atom is 0.407 e. The van der Waals surface area contributed by atoms with Crippen LogP contribution in [-0.4, -0.2) is 50.7 Å². The summed E-state index contributed by atoms with van der Waals surface area (Å²) >= 11 is 0. The molecule has 11 nitrogen and oxygen atoms in total. The van der Waals surface area contributed by atoms with Crippen molar-refractivity contribution in [2.24, 2.45) is 0 Å². The van der Waals surface area contributed by atoms with E-state index in [-0.39, 0.29) is 13.0 Å². The first-order chi connectivity index (χ1) is 12.9. The Morgan fingerprint density at radius 3 is 2.39 bits per heavy atom. The third-order valence-electron chi connectivity index (χ3n) is 3.24. The maximum atomic E-state index is 12.5. The molecule has 0 aromatic heterocycles. The van der Waals surface area contributed by atoms with Crippen LogP contribution in [0.1, 0.15) is 27.2 Å². The SMILES string of the molecule is COC(=O)[C@H](CCNC(=O)OC(C)(C)C)NS(=O)(=O)c1ccccc1[N+](=O)[O-]. The van der Waals surface area contributed by atoms with Gasteiger partial charge in [-0.2, -0.15) is 4.72 Å². The molecular formula is C16H23N3O8S. The van der Waals surface area contributed by atoms with Gasteiger partial charge in [-0.25, -0.2) is 13.2 Å². The van der Waals surface area contributed by atoms with Crippen molar-refractivity contribution in [2.45, 2.75) is 43.7 Å². The number of benzene rings is 1. The smallest absolute Gasteiger partial charge is 0.407 e. The van der Waals surface area contributed by atoms with Crippen LogP contribution in [-0.2, 0) is 24.3 Å². The molecule has 1 aromatic carbocycles. The number of nitro groups is 1. The van der Waals surface area contributed by atoms with Gasteiger partial charge in [0.15, 0.2) is 4.90 Å². The lowest BCUT2D eigenvalue weighted by molar-refractivity contribution is -0.387. The van der Waals surface area contributed by atoms with Crippen LogP contribution in [0.2, 0.25) is 0 Å². The number of rotatable bonds is 8. The van der Waals surface area contributed by atoms with Gasteiger partial charge in [0.25, 0.3) is 5.69 Å². The molecule has 0 unspecified atom stereocenters. The van der Waals surface area contributed by atoms with Crippen LogP contribution in [0.3, 0.4) is 0 Å². The number of carbonyl (C=O) groups is 2. The molecule has 0 aliphatic carbocycles. The Bertz CT molecular complexity index is 833. The molecule has 0 aliphatic rings. The second kappa shape index (κ2) is 9.46. The van der Waals surface area contributed by atoms with Crippen LogP contribution in [0, 0.1) is 10.1 Å². The van der Waals surface area contributed by atoms with Gasteiger partial charge in [0.2, 0.25) is 10.0 Å². The van der Waals surface area contributed by atoms with Gasteiger partial charge >= 0.3 is 12.1 Å². The number of hydrogen-bond donors (Lipinski definition) is 2. The van der Waals surface area contributed by atoms with Gasteiger partial charge in [-0.15, -0.1) is 0 Å². The minimum absolute atomic E-state index is 0.103. The topological polar surface area (TPSA) is 154 Å². The van der Waals surface area contributed by atoms with E-state index in [1.54, 1.807) is 20.8 Å². The van der Waals surface area contributed by atoms with Crippen molar-refractivity contribution < 1.29 is 32.4 Å². The molecule has 1 atom stereocenters. The molecule has 0 radical (unpaired) electrons. The Morgan fingerprint density at radius 2 is 1.86 bits per heavy atom. The van der Waals surface area contributed by atoms with Gasteiger partial charge in [0.05, 0.1) is 12.0 Å². The summed E-state index contributed by atoms with van der Waals surface area (Å²) in [6.45, 7) is 4.91. The van der Waals surface area contributed by atoms with Gasteiger partial charge in [-0.05, 0) is 33.3 Å². The van der Waals surface area contributed by atoms with Gasteiger partial charge in [-0.1, -0.05) is 12.1 Å². The van der Waals surface area contributed by atoms with Gasteiger partial charge in [-0.3, -0.25) is 14.9 Å². The van der Waals surface area contributed by atoms with Crippen molar-refractivity contribution in [3.8, 4) is 0 Å². The highest BCUT2D eigenvalue weighted by Crippen LogP contribution is 2.23. The standard InChI is InChI=1S/C16H23N3O8S/c1-16(2,3)27-15(21)17-10-9-11(14(20)26-4)18-28(24,25)13-8-6-5-7-12(13)19(22)23/h5-8,11,18H,9-10H2,1-4H3,(H,17,21)/t11-/m0/s1. The molecule has 0 heterocycles. The van der Waals surface area contributed by atoms with Gasteiger partial charge < -0.3 is 14.8 Å². The quantitative estimate of drug-likeness (QED) is 0.365.